The Morgan fingerprint density at radius 1 is 0.724 bits per heavy atom. The van der Waals surface area contributed by atoms with Gasteiger partial charge in [0.25, 0.3) is 0 Å². The number of aryl methyl sites for hydroxylation is 1. The fourth-order valence-corrected chi connectivity index (χ4v) is 4.36. The van der Waals surface area contributed by atoms with Gasteiger partial charge in [-0.05, 0) is 29.7 Å². The molecule has 0 N–H and O–H groups in total. The zero-order chi connectivity index (χ0) is 20.4. The topological polar surface area (TPSA) is 66.4 Å². The minimum absolute atomic E-state index is 0.417. The van der Waals surface area contributed by atoms with Crippen molar-refractivity contribution in [2.45, 2.75) is 18.8 Å². The summed E-state index contributed by atoms with van der Waals surface area (Å²) in [6, 6.07) is 25.9. The molecule has 3 aromatic rings. The van der Waals surface area contributed by atoms with Gasteiger partial charge < -0.3 is 14.6 Å². The average molecular weight is 385 g/mol. The van der Waals surface area contributed by atoms with E-state index in [1.807, 2.05) is 85.8 Å². The summed E-state index contributed by atoms with van der Waals surface area (Å²) in [7, 11) is 0. The minimum Gasteiger partial charge on any atom is -0.550 e. The second-order valence-electron chi connectivity index (χ2n) is 7.43. The summed E-state index contributed by atoms with van der Waals surface area (Å²) in [4.78, 5) is 25.3. The highest BCUT2D eigenvalue weighted by Gasteiger charge is 2.56. The summed E-state index contributed by atoms with van der Waals surface area (Å²) in [5.41, 5.74) is 2.46. The Morgan fingerprint density at radius 3 is 1.69 bits per heavy atom. The number of hydrogen-bond donors (Lipinski definition) is 0. The van der Waals surface area contributed by atoms with E-state index in [9.17, 15) is 14.7 Å². The monoisotopic (exact) mass is 385 g/mol. The van der Waals surface area contributed by atoms with E-state index in [2.05, 4.69) is 0 Å². The lowest BCUT2D eigenvalue weighted by atomic mass is 9.52. The van der Waals surface area contributed by atoms with Crippen LogP contribution in [0.2, 0.25) is 0 Å². The number of esters is 1. The fraction of sp³-hybridized carbons (Fsp3) is 0.200. The Morgan fingerprint density at radius 2 is 1.21 bits per heavy atom. The second kappa shape index (κ2) is 7.92. The lowest BCUT2D eigenvalue weighted by molar-refractivity contribution is -0.317. The van der Waals surface area contributed by atoms with Crippen molar-refractivity contribution in [3.63, 3.8) is 0 Å². The predicted molar refractivity (Wildman–Crippen MR) is 107 cm³/mol. The number of ether oxygens (including phenoxy) is 1. The van der Waals surface area contributed by atoms with E-state index in [4.69, 9.17) is 4.74 Å². The Kier molecular flexibility index (Phi) is 5.17. The number of carboxylic acids is 1. The lowest BCUT2D eigenvalue weighted by Gasteiger charge is -2.51. The molecule has 0 amide bonds. The van der Waals surface area contributed by atoms with Crippen LogP contribution in [-0.2, 0) is 9.59 Å². The number of para-hydroxylation sites is 1. The van der Waals surface area contributed by atoms with E-state index in [1.165, 1.54) is 0 Å². The van der Waals surface area contributed by atoms with Gasteiger partial charge in [0.15, 0.2) is 0 Å². The summed E-state index contributed by atoms with van der Waals surface area (Å²) in [6.45, 7) is 1.87. The predicted octanol–water partition coefficient (Wildman–Crippen LogP) is 3.46. The van der Waals surface area contributed by atoms with Gasteiger partial charge in [-0.2, -0.15) is 0 Å². The molecule has 0 bridgehead atoms. The van der Waals surface area contributed by atoms with Crippen LogP contribution in [0.4, 0.5) is 0 Å². The highest BCUT2D eigenvalue weighted by molar-refractivity contribution is 5.85. The van der Waals surface area contributed by atoms with Crippen molar-refractivity contribution in [1.29, 1.82) is 0 Å². The number of rotatable bonds is 5. The maximum absolute atomic E-state index is 13.2. The van der Waals surface area contributed by atoms with E-state index in [0.29, 0.717) is 5.75 Å². The molecule has 0 heterocycles. The molecular weight excluding hydrogens is 364 g/mol. The molecule has 29 heavy (non-hydrogen) atoms. The molecule has 0 radical (unpaired) electrons. The van der Waals surface area contributed by atoms with E-state index in [1.54, 1.807) is 6.07 Å². The molecule has 0 spiro atoms. The number of benzene rings is 3. The summed E-state index contributed by atoms with van der Waals surface area (Å²) in [5.74, 6) is -3.47. The van der Waals surface area contributed by atoms with Gasteiger partial charge in [-0.3, -0.25) is 4.79 Å². The maximum atomic E-state index is 13.2. The van der Waals surface area contributed by atoms with Crippen LogP contribution < -0.4 is 9.84 Å². The van der Waals surface area contributed by atoms with Gasteiger partial charge in [0, 0.05) is 23.7 Å². The van der Waals surface area contributed by atoms with Crippen LogP contribution in [0.15, 0.2) is 84.9 Å². The lowest BCUT2D eigenvalue weighted by Crippen LogP contribution is -2.55. The Bertz CT molecular complexity index is 966. The maximum Gasteiger partial charge on any atom is 0.315 e. The molecule has 4 rings (SSSR count). The van der Waals surface area contributed by atoms with E-state index < -0.39 is 35.6 Å². The molecule has 1 aliphatic rings. The number of aliphatic carboxylic acids is 1. The van der Waals surface area contributed by atoms with Crippen LogP contribution in [0.25, 0.3) is 0 Å². The van der Waals surface area contributed by atoms with Crippen molar-refractivity contribution in [3.8, 4) is 5.75 Å². The third-order valence-electron chi connectivity index (χ3n) is 5.76. The van der Waals surface area contributed by atoms with Crippen LogP contribution >= 0.6 is 0 Å². The van der Waals surface area contributed by atoms with Crippen molar-refractivity contribution in [2.75, 3.05) is 0 Å². The Labute approximate surface area is 169 Å². The number of hydrogen-bond acceptors (Lipinski definition) is 4. The summed E-state index contributed by atoms with van der Waals surface area (Å²) in [5, 5.41) is 12.1. The van der Waals surface area contributed by atoms with Crippen molar-refractivity contribution in [1.82, 2.24) is 0 Å². The molecule has 4 nitrogen and oxygen atoms in total. The zero-order valence-corrected chi connectivity index (χ0v) is 16.0. The molecule has 0 aliphatic heterocycles. The molecule has 146 valence electrons. The first-order valence-corrected chi connectivity index (χ1v) is 9.66. The molecule has 1 fully saturated rings. The van der Waals surface area contributed by atoms with E-state index in [0.717, 1.165) is 16.7 Å². The van der Waals surface area contributed by atoms with Gasteiger partial charge >= 0.3 is 5.97 Å². The molecule has 0 unspecified atom stereocenters. The Hall–Kier alpha value is -3.40. The van der Waals surface area contributed by atoms with Crippen molar-refractivity contribution in [3.05, 3.63) is 102 Å². The molecule has 0 saturated heterocycles. The van der Waals surface area contributed by atoms with Crippen LogP contribution in [0.5, 0.6) is 5.75 Å². The molecule has 3 aromatic carbocycles. The first-order chi connectivity index (χ1) is 14.1. The molecule has 4 heteroatoms. The molecule has 0 aromatic heterocycles. The summed E-state index contributed by atoms with van der Waals surface area (Å²) in [6.07, 6.45) is 0. The minimum atomic E-state index is -1.15. The van der Waals surface area contributed by atoms with Gasteiger partial charge in [0.2, 0.25) is 0 Å². The fourth-order valence-electron chi connectivity index (χ4n) is 4.36. The van der Waals surface area contributed by atoms with Gasteiger partial charge in [-0.1, -0.05) is 78.9 Å². The average Bonchev–Trinajstić information content (AvgIpc) is 2.70. The first kappa shape index (κ1) is 18.9. The number of carbonyl (C=O) groups is 2. The quantitative estimate of drug-likeness (QED) is 0.498. The van der Waals surface area contributed by atoms with Gasteiger partial charge in [-0.15, -0.1) is 0 Å². The van der Waals surface area contributed by atoms with Crippen molar-refractivity contribution in [2.24, 2.45) is 11.8 Å². The van der Waals surface area contributed by atoms with E-state index in [-0.39, 0.29) is 0 Å². The highest BCUT2D eigenvalue weighted by Crippen LogP contribution is 2.57. The summed E-state index contributed by atoms with van der Waals surface area (Å²) >= 11 is 0. The van der Waals surface area contributed by atoms with Gasteiger partial charge in [-0.25, -0.2) is 0 Å². The standard InChI is InChI=1S/C25H22O4/c1-16-10-8-9-15-19(16)29-25(28)23-20(17-11-4-2-5-12-17)22(24(26)27)21(23)18-13-6-3-7-14-18/h2-15,20-23H,1H3,(H,26,27)/p-1/t20-,21-,22?,23?/m0/s1. The van der Waals surface area contributed by atoms with Crippen LogP contribution in [0, 0.1) is 18.8 Å². The number of carbonyl (C=O) groups excluding carboxylic acids is 2. The smallest absolute Gasteiger partial charge is 0.315 e. The third kappa shape index (κ3) is 3.54. The van der Waals surface area contributed by atoms with Crippen LogP contribution in [-0.4, -0.2) is 11.9 Å². The second-order valence-corrected chi connectivity index (χ2v) is 7.43. The van der Waals surface area contributed by atoms with Crippen molar-refractivity contribution < 1.29 is 19.4 Å². The Balaban J connectivity index is 1.74. The molecule has 1 aliphatic carbocycles. The SMILES string of the molecule is Cc1ccccc1OC(=O)C1[C@@H](c2ccccc2)C(C(=O)[O-])[C@@H]1c1ccccc1. The van der Waals surface area contributed by atoms with Crippen LogP contribution in [0.3, 0.4) is 0 Å². The summed E-state index contributed by atoms with van der Waals surface area (Å²) < 4.78 is 5.73. The normalized spacial score (nSPS) is 23.1. The first-order valence-electron chi connectivity index (χ1n) is 9.66. The van der Waals surface area contributed by atoms with E-state index >= 15 is 0 Å². The highest BCUT2D eigenvalue weighted by atomic mass is 16.5. The van der Waals surface area contributed by atoms with Crippen molar-refractivity contribution >= 4 is 11.9 Å². The molecule has 2 atom stereocenters. The zero-order valence-electron chi connectivity index (χ0n) is 16.0. The molecular formula is C25H21O4-. The number of carboxylic acid groups (broad SMARTS) is 1. The van der Waals surface area contributed by atoms with Gasteiger partial charge in [0.05, 0.1) is 5.92 Å². The molecule has 1 saturated carbocycles. The van der Waals surface area contributed by atoms with Crippen LogP contribution in [0.1, 0.15) is 28.5 Å². The van der Waals surface area contributed by atoms with Gasteiger partial charge in [0.1, 0.15) is 5.75 Å². The third-order valence-corrected chi connectivity index (χ3v) is 5.76. The largest absolute Gasteiger partial charge is 0.550 e.